The van der Waals surface area contributed by atoms with Crippen molar-refractivity contribution in [3.63, 3.8) is 0 Å². The Kier molecular flexibility index (Phi) is 4.48. The highest BCUT2D eigenvalue weighted by molar-refractivity contribution is 8.00. The van der Waals surface area contributed by atoms with Crippen LogP contribution in [0.3, 0.4) is 0 Å². The number of nitriles is 1. The van der Waals surface area contributed by atoms with Gasteiger partial charge in [-0.15, -0.1) is 0 Å². The second kappa shape index (κ2) is 5.50. The number of nitrogens with zero attached hydrogens (tertiary/aromatic N) is 1. The van der Waals surface area contributed by atoms with Gasteiger partial charge in [-0.3, -0.25) is 0 Å². The lowest BCUT2D eigenvalue weighted by atomic mass is 10.1. The minimum atomic E-state index is -4.58. The van der Waals surface area contributed by atoms with Crippen LogP contribution in [0.2, 0.25) is 5.02 Å². The molecule has 0 amide bonds. The van der Waals surface area contributed by atoms with E-state index in [-0.39, 0.29) is 16.1 Å². The van der Waals surface area contributed by atoms with E-state index in [0.717, 1.165) is 19.2 Å². The molecular weight excluding hydrogens is 291 g/mol. The van der Waals surface area contributed by atoms with E-state index in [0.29, 0.717) is 0 Å². The first kappa shape index (κ1) is 14.7. The summed E-state index contributed by atoms with van der Waals surface area (Å²) in [4.78, 5) is 10.8. The Bertz CT molecular complexity index is 525. The van der Waals surface area contributed by atoms with E-state index in [1.54, 1.807) is 6.07 Å². The van der Waals surface area contributed by atoms with Crippen molar-refractivity contribution in [3.05, 3.63) is 28.3 Å². The van der Waals surface area contributed by atoms with Crippen LogP contribution >= 0.6 is 23.4 Å². The highest BCUT2D eigenvalue weighted by atomic mass is 35.5. The van der Waals surface area contributed by atoms with Gasteiger partial charge in [0.05, 0.1) is 23.3 Å². The number of alkyl halides is 3. The molecule has 0 heterocycles. The largest absolute Gasteiger partial charge is 0.465 e. The van der Waals surface area contributed by atoms with Crippen LogP contribution in [0.4, 0.5) is 13.2 Å². The third-order valence-corrected chi connectivity index (χ3v) is 2.88. The first-order valence-electron chi connectivity index (χ1n) is 4.36. The Morgan fingerprint density at radius 2 is 2.11 bits per heavy atom. The SMILES string of the molecule is COC(=O)c1cc(Cl)c(C#N)c(SC(F)(F)F)c1. The zero-order valence-corrected chi connectivity index (χ0v) is 10.4. The summed E-state index contributed by atoms with van der Waals surface area (Å²) < 4.78 is 41.3. The van der Waals surface area contributed by atoms with Gasteiger partial charge in [0.2, 0.25) is 0 Å². The number of benzene rings is 1. The predicted octanol–water partition coefficient (Wildman–Crippen LogP) is 3.61. The molecule has 0 aliphatic carbocycles. The lowest BCUT2D eigenvalue weighted by molar-refractivity contribution is -0.0328. The Labute approximate surface area is 109 Å². The van der Waals surface area contributed by atoms with Gasteiger partial charge in [0, 0.05) is 4.90 Å². The molecule has 1 aromatic rings. The van der Waals surface area contributed by atoms with Crippen molar-refractivity contribution in [1.29, 1.82) is 5.26 Å². The van der Waals surface area contributed by atoms with Crippen LogP contribution in [0.25, 0.3) is 0 Å². The number of halogens is 4. The fraction of sp³-hybridized carbons (Fsp3) is 0.200. The molecule has 0 aromatic heterocycles. The molecule has 0 unspecified atom stereocenters. The highest BCUT2D eigenvalue weighted by Crippen LogP contribution is 2.40. The Hall–Kier alpha value is -1.39. The van der Waals surface area contributed by atoms with E-state index < -0.39 is 28.1 Å². The number of ether oxygens (including phenoxy) is 1. The molecule has 8 heteroatoms. The van der Waals surface area contributed by atoms with Gasteiger partial charge in [0.15, 0.2) is 0 Å². The molecule has 3 nitrogen and oxygen atoms in total. The smallest absolute Gasteiger partial charge is 0.446 e. The molecular formula is C10H5ClF3NO2S. The van der Waals surface area contributed by atoms with Gasteiger partial charge in [-0.2, -0.15) is 18.4 Å². The van der Waals surface area contributed by atoms with Gasteiger partial charge >= 0.3 is 11.5 Å². The third-order valence-electron chi connectivity index (χ3n) is 1.81. The standard InChI is InChI=1S/C10H5ClF3NO2S/c1-17-9(16)5-2-7(11)6(4-15)8(3-5)18-10(12,13)14/h2-3H,1H3. The molecule has 18 heavy (non-hydrogen) atoms. The number of rotatable bonds is 2. The second-order valence-electron chi connectivity index (χ2n) is 2.98. The number of methoxy groups -OCH3 is 1. The number of thioether (sulfide) groups is 1. The van der Waals surface area contributed by atoms with Crippen LogP contribution in [0.15, 0.2) is 17.0 Å². The van der Waals surface area contributed by atoms with Gasteiger partial charge in [-0.25, -0.2) is 4.79 Å². The summed E-state index contributed by atoms with van der Waals surface area (Å²) in [6.07, 6.45) is 0. The lowest BCUT2D eigenvalue weighted by Gasteiger charge is -2.10. The van der Waals surface area contributed by atoms with Crippen LogP contribution in [0, 0.1) is 11.3 Å². The van der Waals surface area contributed by atoms with Gasteiger partial charge in [0.1, 0.15) is 6.07 Å². The molecule has 1 aromatic carbocycles. The number of carbonyl (C=O) groups is 1. The molecule has 0 aliphatic heterocycles. The average molecular weight is 296 g/mol. The van der Waals surface area contributed by atoms with Crippen molar-refractivity contribution in [3.8, 4) is 6.07 Å². The van der Waals surface area contributed by atoms with Crippen molar-refractivity contribution in [2.75, 3.05) is 7.11 Å². The Morgan fingerprint density at radius 1 is 1.50 bits per heavy atom. The van der Waals surface area contributed by atoms with Crippen LogP contribution in [0.1, 0.15) is 15.9 Å². The van der Waals surface area contributed by atoms with Crippen LogP contribution in [0.5, 0.6) is 0 Å². The van der Waals surface area contributed by atoms with Crippen molar-refractivity contribution in [1.82, 2.24) is 0 Å². The van der Waals surface area contributed by atoms with E-state index in [4.69, 9.17) is 16.9 Å². The predicted molar refractivity (Wildman–Crippen MR) is 59.4 cm³/mol. The van der Waals surface area contributed by atoms with Crippen LogP contribution in [-0.4, -0.2) is 18.6 Å². The van der Waals surface area contributed by atoms with Gasteiger partial charge in [-0.05, 0) is 23.9 Å². The average Bonchev–Trinajstić information content (AvgIpc) is 2.25. The first-order chi connectivity index (χ1) is 8.28. The number of hydrogen-bond acceptors (Lipinski definition) is 4. The third kappa shape index (κ3) is 3.55. The molecule has 0 radical (unpaired) electrons. The molecule has 0 fully saturated rings. The summed E-state index contributed by atoms with van der Waals surface area (Å²) >= 11 is 5.15. The Morgan fingerprint density at radius 3 is 2.56 bits per heavy atom. The minimum absolute atomic E-state index is 0.145. The number of carbonyl (C=O) groups excluding carboxylic acids is 1. The molecule has 0 N–H and O–H groups in total. The summed E-state index contributed by atoms with van der Waals surface area (Å²) in [6, 6.07) is 3.58. The maximum Gasteiger partial charge on any atom is 0.446 e. The molecule has 0 saturated heterocycles. The van der Waals surface area contributed by atoms with E-state index in [1.165, 1.54) is 0 Å². The molecule has 0 atom stereocenters. The van der Waals surface area contributed by atoms with Crippen molar-refractivity contribution in [2.45, 2.75) is 10.4 Å². The second-order valence-corrected chi connectivity index (χ2v) is 4.50. The fourth-order valence-electron chi connectivity index (χ4n) is 1.13. The maximum absolute atomic E-state index is 12.3. The quantitative estimate of drug-likeness (QED) is 0.618. The van der Waals surface area contributed by atoms with Gasteiger partial charge in [-0.1, -0.05) is 11.6 Å². The summed E-state index contributed by atoms with van der Waals surface area (Å²) in [5.41, 5.74) is -5.05. The highest BCUT2D eigenvalue weighted by Gasteiger charge is 2.31. The summed E-state index contributed by atoms with van der Waals surface area (Å²) in [5, 5.41) is 8.52. The Balaban J connectivity index is 3.33. The summed E-state index contributed by atoms with van der Waals surface area (Å²) in [5.74, 6) is -0.828. The molecule has 0 bridgehead atoms. The fourth-order valence-corrected chi connectivity index (χ4v) is 2.14. The normalized spacial score (nSPS) is 10.9. The van der Waals surface area contributed by atoms with E-state index in [1.807, 2.05) is 0 Å². The maximum atomic E-state index is 12.3. The zero-order chi connectivity index (χ0) is 13.9. The van der Waals surface area contributed by atoms with E-state index in [9.17, 15) is 18.0 Å². The molecule has 0 spiro atoms. The van der Waals surface area contributed by atoms with Gasteiger partial charge < -0.3 is 4.74 Å². The lowest BCUT2D eigenvalue weighted by Crippen LogP contribution is -2.05. The summed E-state index contributed by atoms with van der Waals surface area (Å²) in [6.45, 7) is 0. The van der Waals surface area contributed by atoms with E-state index in [2.05, 4.69) is 4.74 Å². The molecule has 0 aliphatic rings. The van der Waals surface area contributed by atoms with Crippen LogP contribution < -0.4 is 0 Å². The topological polar surface area (TPSA) is 50.1 Å². The van der Waals surface area contributed by atoms with Crippen molar-refractivity contribution < 1.29 is 22.7 Å². The van der Waals surface area contributed by atoms with Crippen molar-refractivity contribution >= 4 is 29.3 Å². The number of esters is 1. The molecule has 1 rings (SSSR count). The van der Waals surface area contributed by atoms with Crippen LogP contribution in [-0.2, 0) is 4.74 Å². The van der Waals surface area contributed by atoms with Crippen molar-refractivity contribution in [2.24, 2.45) is 0 Å². The van der Waals surface area contributed by atoms with Gasteiger partial charge in [0.25, 0.3) is 0 Å². The molecule has 0 saturated carbocycles. The minimum Gasteiger partial charge on any atom is -0.465 e. The summed E-state index contributed by atoms with van der Waals surface area (Å²) in [7, 11) is 1.09. The number of hydrogen-bond donors (Lipinski definition) is 0. The monoisotopic (exact) mass is 295 g/mol. The molecule has 96 valence electrons. The first-order valence-corrected chi connectivity index (χ1v) is 5.55. The zero-order valence-electron chi connectivity index (χ0n) is 8.84. The van der Waals surface area contributed by atoms with E-state index >= 15 is 0 Å².